The van der Waals surface area contributed by atoms with Crippen LogP contribution in [0.25, 0.3) is 17.4 Å². The summed E-state index contributed by atoms with van der Waals surface area (Å²) in [5.41, 5.74) is -2.05. The molecule has 0 aliphatic rings. The smallest absolute Gasteiger partial charge is 0.416 e. The first kappa shape index (κ1) is 23.1. The quantitative estimate of drug-likeness (QED) is 0.374. The fraction of sp³-hybridized carbons (Fsp3) is 0.316. The molecule has 0 saturated carbocycles. The van der Waals surface area contributed by atoms with Gasteiger partial charge in [0.1, 0.15) is 11.5 Å². The first-order chi connectivity index (χ1) is 14.0. The van der Waals surface area contributed by atoms with Crippen LogP contribution in [0.2, 0.25) is 0 Å². The van der Waals surface area contributed by atoms with Crippen LogP contribution in [0.1, 0.15) is 24.2 Å². The van der Waals surface area contributed by atoms with Gasteiger partial charge >= 0.3 is 12.1 Å². The summed E-state index contributed by atoms with van der Waals surface area (Å²) in [4.78, 5) is 21.3. The third-order valence-corrected chi connectivity index (χ3v) is 4.04. The van der Waals surface area contributed by atoms with Crippen molar-refractivity contribution in [3.8, 4) is 11.3 Å². The number of hydrogen-bond donors (Lipinski definition) is 2. The minimum Gasteiger partial charge on any atom is -0.469 e. The number of nitro benzene ring substituents is 1. The monoisotopic (exact) mass is 429 g/mol. The number of ether oxygens (including phenoxy) is 1. The summed E-state index contributed by atoms with van der Waals surface area (Å²) in [5.74, 6) is -0.497. The summed E-state index contributed by atoms with van der Waals surface area (Å²) in [6.45, 7) is 0. The van der Waals surface area contributed by atoms with Gasteiger partial charge in [-0.05, 0) is 30.3 Å². The largest absolute Gasteiger partial charge is 0.469 e. The maximum absolute atomic E-state index is 12.8. The third-order valence-electron chi connectivity index (χ3n) is 4.04. The van der Waals surface area contributed by atoms with Crippen molar-refractivity contribution in [2.45, 2.75) is 31.2 Å². The molecule has 162 valence electrons. The highest BCUT2D eigenvalue weighted by Gasteiger charge is 2.33. The number of furan rings is 1. The molecule has 0 radical (unpaired) electrons. The van der Waals surface area contributed by atoms with E-state index in [1.165, 1.54) is 31.4 Å². The highest BCUT2D eigenvalue weighted by molar-refractivity contribution is 5.71. The zero-order valence-electron chi connectivity index (χ0n) is 15.6. The summed E-state index contributed by atoms with van der Waals surface area (Å²) in [6.07, 6.45) is -4.82. The number of nitrogens with zero attached hydrogens (tertiary/aromatic N) is 1. The Morgan fingerprint density at radius 3 is 2.60 bits per heavy atom. The van der Waals surface area contributed by atoms with Gasteiger partial charge in [-0.15, -0.1) is 0 Å². The number of hydrogen-bond acceptors (Lipinski definition) is 7. The van der Waals surface area contributed by atoms with Crippen molar-refractivity contribution >= 4 is 17.7 Å². The topological polar surface area (TPSA) is 123 Å². The summed E-state index contributed by atoms with van der Waals surface area (Å²) in [5, 5.41) is 30.7. The molecule has 2 N–H and O–H groups in total. The lowest BCUT2D eigenvalue weighted by Crippen LogP contribution is -2.20. The SMILES string of the molecule is COC(=O)C[C@@H](O)C[C@H](O)/C=C/c1ccc(-c2ccc(C(F)(F)F)cc2[N+](=O)[O-])o1. The van der Waals surface area contributed by atoms with Crippen molar-refractivity contribution < 1.29 is 42.3 Å². The highest BCUT2D eigenvalue weighted by Crippen LogP contribution is 2.37. The lowest BCUT2D eigenvalue weighted by molar-refractivity contribution is -0.384. The molecule has 8 nitrogen and oxygen atoms in total. The van der Waals surface area contributed by atoms with Crippen molar-refractivity contribution in [1.29, 1.82) is 0 Å². The van der Waals surface area contributed by atoms with Crippen molar-refractivity contribution in [2.24, 2.45) is 0 Å². The second kappa shape index (κ2) is 9.55. The van der Waals surface area contributed by atoms with Crippen LogP contribution in [0.15, 0.2) is 40.8 Å². The molecule has 1 heterocycles. The van der Waals surface area contributed by atoms with Gasteiger partial charge < -0.3 is 19.4 Å². The Bertz CT molecular complexity index is 936. The van der Waals surface area contributed by atoms with Gasteiger partial charge in [-0.2, -0.15) is 13.2 Å². The summed E-state index contributed by atoms with van der Waals surface area (Å²) in [7, 11) is 1.17. The summed E-state index contributed by atoms with van der Waals surface area (Å²) < 4.78 is 48.2. The van der Waals surface area contributed by atoms with E-state index < -0.39 is 40.5 Å². The Hall–Kier alpha value is -3.18. The zero-order valence-corrected chi connectivity index (χ0v) is 15.6. The molecule has 11 heteroatoms. The fourth-order valence-corrected chi connectivity index (χ4v) is 2.58. The molecule has 0 aliphatic heterocycles. The first-order valence-electron chi connectivity index (χ1n) is 8.58. The van der Waals surface area contributed by atoms with Crippen LogP contribution in [0.4, 0.5) is 18.9 Å². The van der Waals surface area contributed by atoms with Crippen LogP contribution in [0, 0.1) is 10.1 Å². The fourth-order valence-electron chi connectivity index (χ4n) is 2.58. The standard InChI is InChI=1S/C19H18F3NO7/c1-29-18(26)10-13(25)9-12(24)3-4-14-5-7-17(30-14)15-6-2-11(19(20,21)22)8-16(15)23(27)28/h2-8,12-13,24-25H,9-10H2,1H3/b4-3+/t12-,13+/m1/s1. The second-order valence-electron chi connectivity index (χ2n) is 6.29. The second-order valence-corrected chi connectivity index (χ2v) is 6.29. The lowest BCUT2D eigenvalue weighted by atomic mass is 10.1. The van der Waals surface area contributed by atoms with Crippen molar-refractivity contribution in [3.05, 3.63) is 57.8 Å². The van der Waals surface area contributed by atoms with Crippen LogP contribution in [-0.2, 0) is 15.7 Å². The van der Waals surface area contributed by atoms with E-state index >= 15 is 0 Å². The van der Waals surface area contributed by atoms with E-state index in [2.05, 4.69) is 4.74 Å². The average molecular weight is 429 g/mol. The number of benzene rings is 1. The molecule has 0 saturated heterocycles. The van der Waals surface area contributed by atoms with Gasteiger partial charge in [0.15, 0.2) is 0 Å². The number of aliphatic hydroxyl groups excluding tert-OH is 2. The van der Waals surface area contributed by atoms with Crippen LogP contribution in [0.5, 0.6) is 0 Å². The molecule has 0 spiro atoms. The number of carbonyl (C=O) groups excluding carboxylic acids is 1. The molecule has 0 bridgehead atoms. The van der Waals surface area contributed by atoms with Gasteiger partial charge in [0.05, 0.1) is 41.8 Å². The minimum atomic E-state index is -4.73. The Morgan fingerprint density at radius 1 is 1.30 bits per heavy atom. The van der Waals surface area contributed by atoms with E-state index in [9.17, 15) is 38.3 Å². The molecular formula is C19H18F3NO7. The van der Waals surface area contributed by atoms with Gasteiger partial charge in [0, 0.05) is 12.5 Å². The van der Waals surface area contributed by atoms with Gasteiger partial charge in [-0.25, -0.2) is 0 Å². The molecule has 0 amide bonds. The molecule has 2 rings (SSSR count). The van der Waals surface area contributed by atoms with Gasteiger partial charge in [0.2, 0.25) is 0 Å². The maximum Gasteiger partial charge on any atom is 0.416 e. The number of esters is 1. The molecule has 1 aromatic carbocycles. The predicted molar refractivity (Wildman–Crippen MR) is 98.1 cm³/mol. The van der Waals surface area contributed by atoms with E-state index in [1.807, 2.05) is 0 Å². The lowest BCUT2D eigenvalue weighted by Gasteiger charge is -2.11. The van der Waals surface area contributed by atoms with Gasteiger partial charge in [0.25, 0.3) is 5.69 Å². The molecule has 0 unspecified atom stereocenters. The molecule has 0 fully saturated rings. The molecule has 30 heavy (non-hydrogen) atoms. The van der Waals surface area contributed by atoms with E-state index in [4.69, 9.17) is 4.42 Å². The zero-order chi connectivity index (χ0) is 22.5. The van der Waals surface area contributed by atoms with Crippen molar-refractivity contribution in [1.82, 2.24) is 0 Å². The number of alkyl halides is 3. The first-order valence-corrected chi connectivity index (χ1v) is 8.58. The molecule has 1 aromatic heterocycles. The minimum absolute atomic E-state index is 0.0321. The number of methoxy groups -OCH3 is 1. The Kier molecular flexibility index (Phi) is 7.35. The summed E-state index contributed by atoms with van der Waals surface area (Å²) in [6, 6.07) is 4.84. The van der Waals surface area contributed by atoms with Gasteiger partial charge in [-0.1, -0.05) is 6.08 Å². The average Bonchev–Trinajstić information content (AvgIpc) is 3.13. The number of nitro groups is 1. The number of rotatable bonds is 8. The van der Waals surface area contributed by atoms with E-state index in [0.29, 0.717) is 12.1 Å². The van der Waals surface area contributed by atoms with E-state index in [-0.39, 0.29) is 29.9 Å². The predicted octanol–water partition coefficient (Wildman–Crippen LogP) is 3.56. The van der Waals surface area contributed by atoms with Crippen LogP contribution in [-0.4, -0.2) is 40.4 Å². The van der Waals surface area contributed by atoms with Gasteiger partial charge in [-0.3, -0.25) is 14.9 Å². The Labute approximate surface area is 168 Å². The molecule has 2 aromatic rings. The highest BCUT2D eigenvalue weighted by atomic mass is 19.4. The van der Waals surface area contributed by atoms with Crippen molar-refractivity contribution in [3.63, 3.8) is 0 Å². The third kappa shape index (κ3) is 6.16. The number of aliphatic hydroxyl groups is 2. The maximum atomic E-state index is 12.8. The van der Waals surface area contributed by atoms with Crippen molar-refractivity contribution in [2.75, 3.05) is 7.11 Å². The number of halogens is 3. The summed E-state index contributed by atoms with van der Waals surface area (Å²) >= 11 is 0. The van der Waals surface area contributed by atoms with E-state index in [0.717, 1.165) is 6.07 Å². The number of carbonyl (C=O) groups is 1. The van der Waals surface area contributed by atoms with Crippen LogP contribution >= 0.6 is 0 Å². The normalized spacial score (nSPS) is 13.9. The van der Waals surface area contributed by atoms with E-state index in [1.54, 1.807) is 0 Å². The molecule has 0 aliphatic carbocycles. The molecule has 2 atom stereocenters. The van der Waals surface area contributed by atoms with Crippen LogP contribution < -0.4 is 0 Å². The Balaban J connectivity index is 2.15. The van der Waals surface area contributed by atoms with Crippen LogP contribution in [0.3, 0.4) is 0 Å². The Morgan fingerprint density at radius 2 is 2.00 bits per heavy atom. The molecular weight excluding hydrogens is 411 g/mol.